The topological polar surface area (TPSA) is 41.1 Å². The molecule has 0 aromatic carbocycles. The lowest BCUT2D eigenvalue weighted by Crippen LogP contribution is -2.51. The lowest BCUT2D eigenvalue weighted by Gasteiger charge is -2.36. The quantitative estimate of drug-likeness (QED) is 0.583. The second kappa shape index (κ2) is 7.32. The molecule has 1 aliphatic carbocycles. The van der Waals surface area contributed by atoms with E-state index < -0.39 is 0 Å². The molecule has 0 fully saturated rings. The van der Waals surface area contributed by atoms with Gasteiger partial charge in [-0.05, 0) is 52.0 Å². The van der Waals surface area contributed by atoms with Crippen molar-refractivity contribution in [2.45, 2.75) is 59.4 Å². The molecule has 3 heteroatoms. The highest BCUT2D eigenvalue weighted by molar-refractivity contribution is 5.77. The third kappa shape index (κ3) is 4.87. The van der Waals surface area contributed by atoms with Gasteiger partial charge in [0, 0.05) is 11.2 Å². The van der Waals surface area contributed by atoms with Gasteiger partial charge in [-0.1, -0.05) is 37.6 Å². The Balaban J connectivity index is 2.64. The maximum Gasteiger partial charge on any atom is 0.319 e. The van der Waals surface area contributed by atoms with Gasteiger partial charge in [0.05, 0.1) is 0 Å². The molecule has 0 saturated heterocycles. The summed E-state index contributed by atoms with van der Waals surface area (Å²) < 4.78 is 0. The van der Waals surface area contributed by atoms with Crippen LogP contribution < -0.4 is 10.6 Å². The van der Waals surface area contributed by atoms with Crippen molar-refractivity contribution in [1.82, 2.24) is 10.6 Å². The second-order valence-corrected chi connectivity index (χ2v) is 5.96. The number of hydrogen-bond donors (Lipinski definition) is 2. The van der Waals surface area contributed by atoms with Crippen molar-refractivity contribution in [3.8, 4) is 0 Å². The van der Waals surface area contributed by atoms with Crippen LogP contribution in [-0.2, 0) is 0 Å². The van der Waals surface area contributed by atoms with Crippen LogP contribution in [0.15, 0.2) is 35.6 Å². The molecule has 2 N–H and O–H groups in total. The summed E-state index contributed by atoms with van der Waals surface area (Å²) in [6, 6.07) is -0.120. The molecule has 0 aromatic heterocycles. The normalized spacial score (nSPS) is 27.4. The number of hydrogen-bond acceptors (Lipinski definition) is 1. The summed E-state index contributed by atoms with van der Waals surface area (Å²) in [6.45, 7) is 10.5. The number of rotatable bonds is 4. The van der Waals surface area contributed by atoms with Crippen molar-refractivity contribution < 1.29 is 4.79 Å². The molecule has 3 nitrogen and oxygen atoms in total. The molecule has 2 atom stereocenters. The van der Waals surface area contributed by atoms with E-state index in [1.807, 2.05) is 25.2 Å². The molecule has 0 radical (unpaired) electrons. The molecule has 0 aromatic rings. The van der Waals surface area contributed by atoms with Gasteiger partial charge in [-0.2, -0.15) is 0 Å². The van der Waals surface area contributed by atoms with Crippen LogP contribution in [0.2, 0.25) is 0 Å². The van der Waals surface area contributed by atoms with Gasteiger partial charge < -0.3 is 10.6 Å². The lowest BCUT2D eigenvalue weighted by molar-refractivity contribution is 0.221. The van der Waals surface area contributed by atoms with E-state index in [2.05, 4.69) is 44.4 Å². The van der Waals surface area contributed by atoms with Crippen molar-refractivity contribution in [2.75, 3.05) is 0 Å². The summed E-state index contributed by atoms with van der Waals surface area (Å²) in [5, 5.41) is 6.05. The summed E-state index contributed by atoms with van der Waals surface area (Å²) in [5.41, 5.74) is 2.12. The smallest absolute Gasteiger partial charge is 0.319 e. The standard InChI is InChI=1S/C17H28N2O/c1-6-8-15(9-7-2)18-16(20)19-17(5)11-10-13(3)14(4)12-17/h6,8-10,14H,7,11-12H2,1-5H3,(H2,18,19,20)/b8-6-,15-9+. The zero-order valence-corrected chi connectivity index (χ0v) is 13.4. The first-order valence-electron chi connectivity index (χ1n) is 7.49. The fraction of sp³-hybridized carbons (Fsp3) is 0.588. The zero-order chi connectivity index (χ0) is 15.2. The van der Waals surface area contributed by atoms with E-state index >= 15 is 0 Å². The maximum absolute atomic E-state index is 12.1. The first-order valence-corrected chi connectivity index (χ1v) is 7.49. The molecule has 0 saturated carbocycles. The number of amides is 2. The molecule has 2 unspecified atom stereocenters. The summed E-state index contributed by atoms with van der Waals surface area (Å²) in [4.78, 5) is 12.1. The van der Waals surface area contributed by atoms with Crippen molar-refractivity contribution in [3.05, 3.63) is 35.6 Å². The minimum absolute atomic E-state index is 0.120. The number of carbonyl (C=O) groups is 1. The van der Waals surface area contributed by atoms with E-state index in [0.717, 1.165) is 25.0 Å². The highest BCUT2D eigenvalue weighted by Crippen LogP contribution is 2.31. The first kappa shape index (κ1) is 16.5. The second-order valence-electron chi connectivity index (χ2n) is 5.96. The van der Waals surface area contributed by atoms with Crippen LogP contribution in [0.4, 0.5) is 4.79 Å². The highest BCUT2D eigenvalue weighted by atomic mass is 16.2. The summed E-state index contributed by atoms with van der Waals surface area (Å²) in [7, 11) is 0. The molecule has 2 amide bonds. The fourth-order valence-corrected chi connectivity index (χ4v) is 2.61. The number of nitrogens with one attached hydrogen (secondary N) is 2. The molecule has 0 spiro atoms. The van der Waals surface area contributed by atoms with Crippen LogP contribution in [0.1, 0.15) is 53.9 Å². The molecule has 1 aliphatic rings. The van der Waals surface area contributed by atoms with Gasteiger partial charge in [0.25, 0.3) is 0 Å². The fourth-order valence-electron chi connectivity index (χ4n) is 2.61. The Morgan fingerprint density at radius 1 is 1.55 bits per heavy atom. The van der Waals surface area contributed by atoms with Crippen LogP contribution in [0.25, 0.3) is 0 Å². The average Bonchev–Trinajstić information content (AvgIpc) is 2.34. The van der Waals surface area contributed by atoms with Crippen molar-refractivity contribution in [3.63, 3.8) is 0 Å². The Morgan fingerprint density at radius 3 is 2.80 bits per heavy atom. The van der Waals surface area contributed by atoms with Gasteiger partial charge in [-0.25, -0.2) is 4.79 Å². The summed E-state index contributed by atoms with van der Waals surface area (Å²) in [6.07, 6.45) is 10.9. The summed E-state index contributed by atoms with van der Waals surface area (Å²) >= 11 is 0. The molecule has 0 heterocycles. The van der Waals surface area contributed by atoms with E-state index in [1.165, 1.54) is 5.57 Å². The van der Waals surface area contributed by atoms with Gasteiger partial charge in [0.1, 0.15) is 0 Å². The van der Waals surface area contributed by atoms with Gasteiger partial charge in [-0.3, -0.25) is 0 Å². The maximum atomic E-state index is 12.1. The Labute approximate surface area is 123 Å². The van der Waals surface area contributed by atoms with Gasteiger partial charge >= 0.3 is 6.03 Å². The first-order chi connectivity index (χ1) is 9.40. The molecular formula is C17H28N2O. The van der Waals surface area contributed by atoms with Crippen molar-refractivity contribution >= 4 is 6.03 Å². The molecule has 1 rings (SSSR count). The zero-order valence-electron chi connectivity index (χ0n) is 13.4. The minimum Gasteiger partial charge on any atom is -0.332 e. The Bertz CT molecular complexity index is 434. The third-order valence-electron chi connectivity index (χ3n) is 3.85. The van der Waals surface area contributed by atoms with Crippen LogP contribution in [0, 0.1) is 5.92 Å². The van der Waals surface area contributed by atoms with Gasteiger partial charge in [-0.15, -0.1) is 0 Å². The Kier molecular flexibility index (Phi) is 6.05. The van der Waals surface area contributed by atoms with Crippen LogP contribution in [0.3, 0.4) is 0 Å². The summed E-state index contributed by atoms with van der Waals surface area (Å²) in [5.74, 6) is 0.523. The molecular weight excluding hydrogens is 248 g/mol. The number of allylic oxidation sites excluding steroid dienone is 4. The molecule has 0 bridgehead atoms. The SMILES string of the molecule is C/C=C\C(=C/CC)NC(=O)NC1(C)CC=C(C)C(C)C1. The molecule has 20 heavy (non-hydrogen) atoms. The van der Waals surface area contributed by atoms with Gasteiger partial charge in [0.15, 0.2) is 0 Å². The van der Waals surface area contributed by atoms with Crippen LogP contribution in [0.5, 0.6) is 0 Å². The minimum atomic E-state index is -0.156. The Morgan fingerprint density at radius 2 is 2.25 bits per heavy atom. The molecule has 112 valence electrons. The van der Waals surface area contributed by atoms with E-state index in [0.29, 0.717) is 5.92 Å². The third-order valence-corrected chi connectivity index (χ3v) is 3.85. The van der Waals surface area contributed by atoms with Crippen molar-refractivity contribution in [1.29, 1.82) is 0 Å². The van der Waals surface area contributed by atoms with Crippen LogP contribution >= 0.6 is 0 Å². The van der Waals surface area contributed by atoms with Crippen LogP contribution in [-0.4, -0.2) is 11.6 Å². The molecule has 0 aliphatic heterocycles. The Hall–Kier alpha value is -1.51. The number of carbonyl (C=O) groups excluding carboxylic acids is 1. The average molecular weight is 276 g/mol. The largest absolute Gasteiger partial charge is 0.332 e. The van der Waals surface area contributed by atoms with Gasteiger partial charge in [0.2, 0.25) is 0 Å². The van der Waals surface area contributed by atoms with E-state index in [-0.39, 0.29) is 11.6 Å². The van der Waals surface area contributed by atoms with Crippen molar-refractivity contribution in [2.24, 2.45) is 5.92 Å². The predicted octanol–water partition coefficient (Wildman–Crippen LogP) is 4.29. The predicted molar refractivity (Wildman–Crippen MR) is 85.4 cm³/mol. The number of urea groups is 1. The lowest BCUT2D eigenvalue weighted by atomic mass is 9.78. The van der Waals surface area contributed by atoms with E-state index in [1.54, 1.807) is 0 Å². The van der Waals surface area contributed by atoms with E-state index in [4.69, 9.17) is 0 Å². The van der Waals surface area contributed by atoms with E-state index in [9.17, 15) is 4.79 Å². The monoisotopic (exact) mass is 276 g/mol. The highest BCUT2D eigenvalue weighted by Gasteiger charge is 2.31.